The summed E-state index contributed by atoms with van der Waals surface area (Å²) < 4.78 is 5.11. The Hall–Kier alpha value is -2.96. The van der Waals surface area contributed by atoms with E-state index in [1.807, 2.05) is 30.3 Å². The van der Waals surface area contributed by atoms with Crippen molar-refractivity contribution in [2.75, 3.05) is 18.5 Å². The first-order valence-electron chi connectivity index (χ1n) is 9.66. The molecule has 0 bridgehead atoms. The molecular weight excluding hydrogens is 358 g/mol. The molecule has 0 amide bonds. The molecule has 1 saturated carbocycles. The number of hydrogen-bond acceptors (Lipinski definition) is 6. The first-order valence-corrected chi connectivity index (χ1v) is 9.66. The van der Waals surface area contributed by atoms with Gasteiger partial charge in [-0.15, -0.1) is 0 Å². The Morgan fingerprint density at radius 1 is 1.21 bits per heavy atom. The van der Waals surface area contributed by atoms with Gasteiger partial charge in [0.15, 0.2) is 5.82 Å². The van der Waals surface area contributed by atoms with Gasteiger partial charge in [0.05, 0.1) is 12.5 Å². The van der Waals surface area contributed by atoms with Gasteiger partial charge in [-0.05, 0) is 25.7 Å². The Kier molecular flexibility index (Phi) is 6.57. The van der Waals surface area contributed by atoms with E-state index in [2.05, 4.69) is 15.3 Å². The maximum Gasteiger partial charge on any atom is 0.343 e. The minimum atomic E-state index is -0.759. The number of benzene rings is 1. The number of hydrogen-bond donors (Lipinski definition) is 2. The van der Waals surface area contributed by atoms with Crippen LogP contribution >= 0.6 is 0 Å². The standard InChI is InChI=1S/C21H25N3O4/c1-2-28-21(27)17-13-23-18(14-8-4-3-5-9-14)24-19(17)22-12-15-10-6-7-11-16(15)20(25)26/h3-5,8-9,13,15-16H,2,6-7,10-12H2,1H3,(H,25,26)(H,22,23,24)/t15-,16-/m0/s1. The number of ether oxygens (including phenoxy) is 1. The lowest BCUT2D eigenvalue weighted by Crippen LogP contribution is -2.32. The largest absolute Gasteiger partial charge is 0.481 e. The SMILES string of the molecule is CCOC(=O)c1cnc(-c2ccccc2)nc1NC[C@@H]1CCCC[C@@H]1C(=O)O. The highest BCUT2D eigenvalue weighted by atomic mass is 16.5. The average Bonchev–Trinajstić information content (AvgIpc) is 2.73. The molecule has 0 radical (unpaired) electrons. The summed E-state index contributed by atoms with van der Waals surface area (Å²) in [6, 6.07) is 9.48. The van der Waals surface area contributed by atoms with Gasteiger partial charge in [0.1, 0.15) is 11.4 Å². The van der Waals surface area contributed by atoms with Gasteiger partial charge in [-0.1, -0.05) is 43.2 Å². The number of carbonyl (C=O) groups is 2. The molecule has 0 aliphatic heterocycles. The van der Waals surface area contributed by atoms with Crippen LogP contribution < -0.4 is 5.32 Å². The second-order valence-electron chi connectivity index (χ2n) is 6.91. The summed E-state index contributed by atoms with van der Waals surface area (Å²) >= 11 is 0. The van der Waals surface area contributed by atoms with E-state index in [0.717, 1.165) is 24.8 Å². The van der Waals surface area contributed by atoms with Crippen LogP contribution in [-0.2, 0) is 9.53 Å². The summed E-state index contributed by atoms with van der Waals surface area (Å²) in [4.78, 5) is 32.7. The third kappa shape index (κ3) is 4.65. The zero-order valence-electron chi connectivity index (χ0n) is 15.9. The molecule has 0 unspecified atom stereocenters. The third-order valence-corrected chi connectivity index (χ3v) is 5.07. The Balaban J connectivity index is 1.85. The van der Waals surface area contributed by atoms with Gasteiger partial charge in [0.25, 0.3) is 0 Å². The molecule has 1 heterocycles. The second kappa shape index (κ2) is 9.30. The monoisotopic (exact) mass is 383 g/mol. The van der Waals surface area contributed by atoms with Crippen LogP contribution in [-0.4, -0.2) is 40.2 Å². The minimum absolute atomic E-state index is 0.00330. The highest BCUT2D eigenvalue weighted by Crippen LogP contribution is 2.31. The quantitative estimate of drug-likeness (QED) is 0.704. The number of carboxylic acids is 1. The number of aromatic nitrogens is 2. The molecule has 1 fully saturated rings. The predicted octanol–water partition coefficient (Wildman–Crippen LogP) is 3.62. The van der Waals surface area contributed by atoms with E-state index in [-0.39, 0.29) is 24.0 Å². The van der Waals surface area contributed by atoms with Crippen molar-refractivity contribution in [1.29, 1.82) is 0 Å². The van der Waals surface area contributed by atoms with Gasteiger partial charge in [-0.25, -0.2) is 14.8 Å². The molecule has 28 heavy (non-hydrogen) atoms. The number of anilines is 1. The summed E-state index contributed by atoms with van der Waals surface area (Å²) in [5.41, 5.74) is 1.09. The number of esters is 1. The van der Waals surface area contributed by atoms with E-state index < -0.39 is 11.9 Å². The van der Waals surface area contributed by atoms with E-state index in [0.29, 0.717) is 24.6 Å². The fourth-order valence-electron chi connectivity index (χ4n) is 3.61. The first kappa shape index (κ1) is 19.8. The summed E-state index contributed by atoms with van der Waals surface area (Å²) in [5.74, 6) is -0.761. The highest BCUT2D eigenvalue weighted by molar-refractivity contribution is 5.94. The molecule has 7 nitrogen and oxygen atoms in total. The van der Waals surface area contributed by atoms with E-state index in [1.165, 1.54) is 6.20 Å². The molecule has 0 spiro atoms. The van der Waals surface area contributed by atoms with Crippen molar-refractivity contribution in [3.05, 3.63) is 42.1 Å². The van der Waals surface area contributed by atoms with Gasteiger partial charge in [-0.3, -0.25) is 4.79 Å². The zero-order chi connectivity index (χ0) is 19.9. The first-order chi connectivity index (χ1) is 13.6. The van der Waals surface area contributed by atoms with Crippen molar-refractivity contribution in [2.45, 2.75) is 32.6 Å². The molecule has 1 aliphatic carbocycles. The normalized spacial score (nSPS) is 19.0. The molecule has 7 heteroatoms. The van der Waals surface area contributed by atoms with Crippen LogP contribution in [0, 0.1) is 11.8 Å². The zero-order valence-corrected chi connectivity index (χ0v) is 15.9. The van der Waals surface area contributed by atoms with Crippen molar-refractivity contribution in [2.24, 2.45) is 11.8 Å². The maximum absolute atomic E-state index is 12.3. The molecule has 148 valence electrons. The van der Waals surface area contributed by atoms with Gasteiger partial charge in [0, 0.05) is 18.3 Å². The Labute approximate surface area is 164 Å². The maximum atomic E-state index is 12.3. The number of carboxylic acid groups (broad SMARTS) is 1. The highest BCUT2D eigenvalue weighted by Gasteiger charge is 2.31. The number of nitrogens with zero attached hydrogens (tertiary/aromatic N) is 2. The van der Waals surface area contributed by atoms with Crippen molar-refractivity contribution in [3.63, 3.8) is 0 Å². The van der Waals surface area contributed by atoms with Gasteiger partial charge >= 0.3 is 11.9 Å². The number of rotatable bonds is 7. The molecule has 1 aromatic carbocycles. The van der Waals surface area contributed by atoms with Crippen LogP contribution in [0.4, 0.5) is 5.82 Å². The fraction of sp³-hybridized carbons (Fsp3) is 0.429. The van der Waals surface area contributed by atoms with E-state index in [1.54, 1.807) is 6.92 Å². The summed E-state index contributed by atoms with van der Waals surface area (Å²) in [5, 5.41) is 12.7. The molecule has 0 saturated heterocycles. The number of aliphatic carboxylic acids is 1. The number of nitrogens with one attached hydrogen (secondary N) is 1. The second-order valence-corrected chi connectivity index (χ2v) is 6.91. The molecule has 3 rings (SSSR count). The smallest absolute Gasteiger partial charge is 0.343 e. The predicted molar refractivity (Wildman–Crippen MR) is 105 cm³/mol. The van der Waals surface area contributed by atoms with Crippen LogP contribution in [0.25, 0.3) is 11.4 Å². The van der Waals surface area contributed by atoms with Crippen LogP contribution in [0.2, 0.25) is 0 Å². The lowest BCUT2D eigenvalue weighted by Gasteiger charge is -2.29. The molecule has 1 aliphatic rings. The van der Waals surface area contributed by atoms with Crippen molar-refractivity contribution < 1.29 is 19.4 Å². The Bertz CT molecular complexity index is 826. The summed E-state index contributed by atoms with van der Waals surface area (Å²) in [6.07, 6.45) is 4.94. The van der Waals surface area contributed by atoms with Crippen LogP contribution in [0.3, 0.4) is 0 Å². The van der Waals surface area contributed by atoms with E-state index in [4.69, 9.17) is 4.74 Å². The van der Waals surface area contributed by atoms with E-state index in [9.17, 15) is 14.7 Å². The molecule has 2 atom stereocenters. The van der Waals surface area contributed by atoms with Crippen LogP contribution in [0.5, 0.6) is 0 Å². The molecule has 2 N–H and O–H groups in total. The molecular formula is C21H25N3O4. The lowest BCUT2D eigenvalue weighted by molar-refractivity contribution is -0.144. The average molecular weight is 383 g/mol. The van der Waals surface area contributed by atoms with Gasteiger partial charge < -0.3 is 15.2 Å². The summed E-state index contributed by atoms with van der Waals surface area (Å²) in [7, 11) is 0. The molecule has 1 aromatic heterocycles. The third-order valence-electron chi connectivity index (χ3n) is 5.07. The van der Waals surface area contributed by atoms with Gasteiger partial charge in [-0.2, -0.15) is 0 Å². The van der Waals surface area contributed by atoms with Crippen LogP contribution in [0.15, 0.2) is 36.5 Å². The number of carbonyl (C=O) groups excluding carboxylic acids is 1. The van der Waals surface area contributed by atoms with Crippen molar-refractivity contribution in [3.8, 4) is 11.4 Å². The Morgan fingerprint density at radius 3 is 2.68 bits per heavy atom. The molecule has 2 aromatic rings. The topological polar surface area (TPSA) is 101 Å². The van der Waals surface area contributed by atoms with Crippen molar-refractivity contribution in [1.82, 2.24) is 9.97 Å². The van der Waals surface area contributed by atoms with E-state index >= 15 is 0 Å². The van der Waals surface area contributed by atoms with Crippen molar-refractivity contribution >= 4 is 17.8 Å². The van der Waals surface area contributed by atoms with Crippen LogP contribution in [0.1, 0.15) is 43.0 Å². The van der Waals surface area contributed by atoms with Gasteiger partial charge in [0.2, 0.25) is 0 Å². The summed E-state index contributed by atoms with van der Waals surface area (Å²) in [6.45, 7) is 2.43. The minimum Gasteiger partial charge on any atom is -0.481 e. The lowest BCUT2D eigenvalue weighted by atomic mass is 9.79. The Morgan fingerprint density at radius 2 is 1.96 bits per heavy atom. The fourth-order valence-corrected chi connectivity index (χ4v) is 3.61.